The van der Waals surface area contributed by atoms with E-state index in [1.54, 1.807) is 35.7 Å². The van der Waals surface area contributed by atoms with Crippen molar-refractivity contribution in [1.82, 2.24) is 4.98 Å². The molecule has 0 saturated carbocycles. The summed E-state index contributed by atoms with van der Waals surface area (Å²) in [6.07, 6.45) is -2.68. The molecule has 0 aliphatic carbocycles. The summed E-state index contributed by atoms with van der Waals surface area (Å²) in [6.45, 7) is 1.22. The van der Waals surface area contributed by atoms with E-state index in [0.29, 0.717) is 29.8 Å². The van der Waals surface area contributed by atoms with Gasteiger partial charge in [-0.15, -0.1) is 0 Å². The highest BCUT2D eigenvalue weighted by Gasteiger charge is 2.32. The Morgan fingerprint density at radius 2 is 1.97 bits per heavy atom. The van der Waals surface area contributed by atoms with E-state index in [9.17, 15) is 18.0 Å². The first-order chi connectivity index (χ1) is 17.1. The second kappa shape index (κ2) is 12.1. The van der Waals surface area contributed by atoms with Gasteiger partial charge in [0.1, 0.15) is 0 Å². The van der Waals surface area contributed by atoms with E-state index >= 15 is 0 Å². The van der Waals surface area contributed by atoms with Crippen molar-refractivity contribution in [2.45, 2.75) is 17.6 Å². The van der Waals surface area contributed by atoms with Crippen molar-refractivity contribution in [3.05, 3.63) is 82.0 Å². The number of carboxylic acid groups (broad SMARTS) is 1. The number of aromatic nitrogens is 1. The van der Waals surface area contributed by atoms with Crippen molar-refractivity contribution in [2.75, 3.05) is 29.9 Å². The molecule has 1 aromatic heterocycles. The first-order valence-electron chi connectivity index (χ1n) is 10.5. The van der Waals surface area contributed by atoms with Crippen molar-refractivity contribution < 1.29 is 27.8 Å². The zero-order valence-corrected chi connectivity index (χ0v) is 20.5. The highest BCUT2D eigenvalue weighted by Crippen LogP contribution is 2.38. The highest BCUT2D eigenvalue weighted by molar-refractivity contribution is 8.00. The van der Waals surface area contributed by atoms with Crippen LogP contribution in [0.3, 0.4) is 0 Å². The maximum Gasteiger partial charge on any atom is 0.417 e. The molecule has 3 N–H and O–H groups in total. The van der Waals surface area contributed by atoms with Crippen LogP contribution < -0.4 is 9.62 Å². The minimum absolute atomic E-state index is 0.101. The number of hydrogen-bond donors (Lipinski definition) is 3. The number of hydrogen-bond acceptors (Lipinski definition) is 7. The molecule has 0 radical (unpaired) electrons. The molecular weight excluding hydrogens is 517 g/mol. The lowest BCUT2D eigenvalue weighted by atomic mass is 10.1. The molecule has 7 nitrogen and oxygen atoms in total. The number of rotatable bonds is 11. The van der Waals surface area contributed by atoms with Gasteiger partial charge in [-0.05, 0) is 60.0 Å². The second-order valence-electron chi connectivity index (χ2n) is 7.47. The van der Waals surface area contributed by atoms with E-state index in [2.05, 4.69) is 10.3 Å². The van der Waals surface area contributed by atoms with Crippen LogP contribution in [0.15, 0.2) is 59.6 Å². The second-order valence-corrected chi connectivity index (χ2v) is 8.97. The van der Waals surface area contributed by atoms with Crippen molar-refractivity contribution >= 4 is 47.2 Å². The number of carbonyl (C=O) groups is 1. The van der Waals surface area contributed by atoms with E-state index < -0.39 is 17.7 Å². The Labute approximate surface area is 214 Å². The summed E-state index contributed by atoms with van der Waals surface area (Å²) in [7, 11) is 1.59. The number of nitrogens with zero attached hydrogens (tertiary/aromatic N) is 2. The lowest BCUT2D eigenvalue weighted by Gasteiger charge is -2.24. The number of nitrogens with one attached hydrogen (secondary N) is 2. The van der Waals surface area contributed by atoms with Crippen LogP contribution >= 0.6 is 23.5 Å². The summed E-state index contributed by atoms with van der Waals surface area (Å²) in [6, 6.07) is 12.3. The molecule has 0 aliphatic rings. The fraction of sp³-hybridized carbons (Fsp3) is 0.208. The van der Waals surface area contributed by atoms with Gasteiger partial charge in [0.15, 0.2) is 5.82 Å². The molecule has 36 heavy (non-hydrogen) atoms. The fourth-order valence-electron chi connectivity index (χ4n) is 3.15. The molecular formula is C24H22ClF3N4O3S. The van der Waals surface area contributed by atoms with Gasteiger partial charge in [0.05, 0.1) is 29.3 Å². The molecule has 0 saturated heterocycles. The van der Waals surface area contributed by atoms with Crippen LogP contribution in [0.5, 0.6) is 0 Å². The quantitative estimate of drug-likeness (QED) is 0.151. The zero-order chi connectivity index (χ0) is 26.3. The molecule has 0 bridgehead atoms. The largest absolute Gasteiger partial charge is 0.478 e. The molecule has 3 rings (SSSR count). The first kappa shape index (κ1) is 27.3. The number of alkyl halides is 3. The number of benzene rings is 2. The molecule has 190 valence electrons. The molecule has 0 amide bonds. The number of aromatic carboxylic acids is 1. The van der Waals surface area contributed by atoms with Crippen LogP contribution in [-0.2, 0) is 17.5 Å². The minimum Gasteiger partial charge on any atom is -0.478 e. The van der Waals surface area contributed by atoms with Crippen molar-refractivity contribution in [3.8, 4) is 0 Å². The Hall–Kier alpha value is -3.28. The van der Waals surface area contributed by atoms with E-state index in [1.165, 1.54) is 18.3 Å². The Kier molecular flexibility index (Phi) is 9.19. The molecule has 0 aliphatic heterocycles. The summed E-state index contributed by atoms with van der Waals surface area (Å²) >= 11 is 7.37. The predicted octanol–water partition coefficient (Wildman–Crippen LogP) is 6.22. The van der Waals surface area contributed by atoms with E-state index in [4.69, 9.17) is 26.9 Å². The standard InChI is InChI=1S/C24H22ClF3N4O3S/c1-35-9-8-30-21-7-2-15(10-17(21)12-29)14-32(36-19-5-3-16(4-6-19)23(33)34)22-20(25)11-18(13-31-22)24(26,27)28/h2-7,10-13,29-30H,8-9,14H2,1H3,(H,33,34). The normalized spacial score (nSPS) is 11.2. The smallest absolute Gasteiger partial charge is 0.417 e. The topological polar surface area (TPSA) is 98.5 Å². The summed E-state index contributed by atoms with van der Waals surface area (Å²) in [5, 5.41) is 19.9. The third-order valence-electron chi connectivity index (χ3n) is 4.92. The fourth-order valence-corrected chi connectivity index (χ4v) is 4.43. The Morgan fingerprint density at radius 3 is 2.56 bits per heavy atom. The third kappa shape index (κ3) is 7.12. The lowest BCUT2D eigenvalue weighted by Crippen LogP contribution is -2.17. The van der Waals surface area contributed by atoms with Gasteiger partial charge in [-0.1, -0.05) is 17.7 Å². The van der Waals surface area contributed by atoms with E-state index in [1.807, 2.05) is 6.07 Å². The number of anilines is 2. The maximum absolute atomic E-state index is 13.1. The summed E-state index contributed by atoms with van der Waals surface area (Å²) < 4.78 is 46.0. The van der Waals surface area contributed by atoms with Crippen LogP contribution in [0, 0.1) is 5.41 Å². The Morgan fingerprint density at radius 1 is 1.25 bits per heavy atom. The molecule has 0 fully saturated rings. The van der Waals surface area contributed by atoms with Gasteiger partial charge >= 0.3 is 12.1 Å². The van der Waals surface area contributed by atoms with Crippen molar-refractivity contribution in [3.63, 3.8) is 0 Å². The molecule has 12 heteroatoms. The molecule has 3 aromatic rings. The summed E-state index contributed by atoms with van der Waals surface area (Å²) in [5.41, 5.74) is 1.23. The van der Waals surface area contributed by atoms with Crippen LogP contribution in [0.25, 0.3) is 0 Å². The monoisotopic (exact) mass is 538 g/mol. The highest BCUT2D eigenvalue weighted by atomic mass is 35.5. The molecule has 2 aromatic carbocycles. The Balaban J connectivity index is 1.94. The molecule has 0 atom stereocenters. The lowest BCUT2D eigenvalue weighted by molar-refractivity contribution is -0.137. The third-order valence-corrected chi connectivity index (χ3v) is 6.21. The van der Waals surface area contributed by atoms with Gasteiger partial charge in [-0.3, -0.25) is 4.31 Å². The Bertz CT molecular complexity index is 1230. The van der Waals surface area contributed by atoms with Gasteiger partial charge < -0.3 is 20.6 Å². The van der Waals surface area contributed by atoms with Gasteiger partial charge in [-0.25, -0.2) is 9.78 Å². The van der Waals surface area contributed by atoms with Crippen LogP contribution in [0.2, 0.25) is 5.02 Å². The van der Waals surface area contributed by atoms with Crippen molar-refractivity contribution in [1.29, 1.82) is 5.41 Å². The zero-order valence-electron chi connectivity index (χ0n) is 19.0. The van der Waals surface area contributed by atoms with Crippen LogP contribution in [-0.4, -0.2) is 42.5 Å². The van der Waals surface area contributed by atoms with Crippen LogP contribution in [0.1, 0.15) is 27.0 Å². The van der Waals surface area contributed by atoms with Gasteiger partial charge in [0.2, 0.25) is 0 Å². The van der Waals surface area contributed by atoms with Gasteiger partial charge in [-0.2, -0.15) is 13.2 Å². The number of ether oxygens (including phenoxy) is 1. The summed E-state index contributed by atoms with van der Waals surface area (Å²) in [5.74, 6) is -0.968. The molecule has 0 unspecified atom stereocenters. The molecule has 1 heterocycles. The van der Waals surface area contributed by atoms with Gasteiger partial charge in [0, 0.05) is 42.2 Å². The first-order valence-corrected chi connectivity index (χ1v) is 11.7. The number of pyridine rings is 1. The van der Waals surface area contributed by atoms with Crippen LogP contribution in [0.4, 0.5) is 24.7 Å². The molecule has 0 spiro atoms. The minimum atomic E-state index is -4.59. The van der Waals surface area contributed by atoms with E-state index in [0.717, 1.165) is 29.3 Å². The maximum atomic E-state index is 13.1. The average molecular weight is 539 g/mol. The van der Waals surface area contributed by atoms with Gasteiger partial charge in [0.25, 0.3) is 0 Å². The number of halogens is 4. The van der Waals surface area contributed by atoms with E-state index in [-0.39, 0.29) is 22.9 Å². The SMILES string of the molecule is COCCNc1ccc(CN(Sc2ccc(C(=O)O)cc2)c2ncc(C(F)(F)F)cc2Cl)cc1C=N. The van der Waals surface area contributed by atoms with Crippen molar-refractivity contribution in [2.24, 2.45) is 0 Å². The predicted molar refractivity (Wildman–Crippen MR) is 134 cm³/mol. The average Bonchev–Trinajstić information content (AvgIpc) is 2.84. The number of methoxy groups -OCH3 is 1. The summed E-state index contributed by atoms with van der Waals surface area (Å²) in [4.78, 5) is 15.8. The number of carboxylic acids is 1.